The summed E-state index contributed by atoms with van der Waals surface area (Å²) in [6, 6.07) is 5.54. The fourth-order valence-electron chi connectivity index (χ4n) is 1.32. The first kappa shape index (κ1) is 11.1. The largest absolute Gasteiger partial charge is 0.416 e. The van der Waals surface area contributed by atoms with Gasteiger partial charge >= 0.3 is 6.18 Å². The molecule has 0 fully saturated rings. The van der Waals surface area contributed by atoms with E-state index in [2.05, 4.69) is 6.07 Å². The van der Waals surface area contributed by atoms with Crippen molar-refractivity contribution < 1.29 is 13.2 Å². The first-order valence-electron chi connectivity index (χ1n) is 4.59. The van der Waals surface area contributed by atoms with Gasteiger partial charge in [-0.05, 0) is 36.1 Å². The SMILES string of the molecule is CCc1c[c]c(CC)c(C(F)(F)F)c1. The van der Waals surface area contributed by atoms with Crippen LogP contribution < -0.4 is 0 Å². The van der Waals surface area contributed by atoms with Gasteiger partial charge in [0.25, 0.3) is 0 Å². The second kappa shape index (κ2) is 4.03. The van der Waals surface area contributed by atoms with Crippen molar-refractivity contribution in [2.75, 3.05) is 0 Å². The maximum absolute atomic E-state index is 12.5. The van der Waals surface area contributed by atoms with Crippen molar-refractivity contribution in [3.05, 3.63) is 34.9 Å². The molecule has 0 nitrogen and oxygen atoms in total. The Bertz CT molecular complexity index is 313. The van der Waals surface area contributed by atoms with Crippen LogP contribution in [0.2, 0.25) is 0 Å². The van der Waals surface area contributed by atoms with Crippen LogP contribution in [0, 0.1) is 6.07 Å². The molecule has 1 aromatic rings. The molecule has 0 saturated heterocycles. The van der Waals surface area contributed by atoms with E-state index in [0.717, 1.165) is 0 Å². The minimum atomic E-state index is -4.26. The molecule has 0 amide bonds. The van der Waals surface area contributed by atoms with Gasteiger partial charge in [-0.15, -0.1) is 0 Å². The van der Waals surface area contributed by atoms with Crippen molar-refractivity contribution in [2.24, 2.45) is 0 Å². The number of alkyl halides is 3. The third-order valence-corrected chi connectivity index (χ3v) is 2.15. The first-order chi connectivity index (χ1) is 6.49. The molecule has 0 aliphatic rings. The van der Waals surface area contributed by atoms with Crippen LogP contribution in [0.1, 0.15) is 30.5 Å². The number of aryl methyl sites for hydroxylation is 2. The Morgan fingerprint density at radius 2 is 1.86 bits per heavy atom. The summed E-state index contributed by atoms with van der Waals surface area (Å²) in [5, 5.41) is 0. The zero-order valence-electron chi connectivity index (χ0n) is 8.20. The lowest BCUT2D eigenvalue weighted by Gasteiger charge is -2.12. The first-order valence-corrected chi connectivity index (χ1v) is 4.59. The number of benzene rings is 1. The molecule has 0 aromatic heterocycles. The van der Waals surface area contributed by atoms with Gasteiger partial charge in [0.15, 0.2) is 0 Å². The van der Waals surface area contributed by atoms with Crippen LogP contribution in [0.25, 0.3) is 0 Å². The van der Waals surface area contributed by atoms with E-state index in [4.69, 9.17) is 0 Å². The Hall–Kier alpha value is -0.990. The predicted molar refractivity (Wildman–Crippen MR) is 49.0 cm³/mol. The van der Waals surface area contributed by atoms with E-state index in [1.54, 1.807) is 13.0 Å². The summed E-state index contributed by atoms with van der Waals surface area (Å²) in [6.45, 7) is 3.53. The average molecular weight is 201 g/mol. The summed E-state index contributed by atoms with van der Waals surface area (Å²) in [5.74, 6) is 0. The van der Waals surface area contributed by atoms with E-state index in [9.17, 15) is 13.2 Å². The minimum Gasteiger partial charge on any atom is -0.166 e. The Labute approximate surface area is 81.8 Å². The zero-order chi connectivity index (χ0) is 10.8. The summed E-state index contributed by atoms with van der Waals surface area (Å²) in [6.07, 6.45) is -3.30. The average Bonchev–Trinajstić information content (AvgIpc) is 2.15. The lowest BCUT2D eigenvalue weighted by molar-refractivity contribution is -0.138. The zero-order valence-corrected chi connectivity index (χ0v) is 8.20. The second-order valence-corrected chi connectivity index (χ2v) is 3.11. The van der Waals surface area contributed by atoms with Gasteiger partial charge in [-0.25, -0.2) is 0 Å². The quantitative estimate of drug-likeness (QED) is 0.685. The normalized spacial score (nSPS) is 11.8. The molecule has 0 atom stereocenters. The standard InChI is InChI=1S/C11H12F3/c1-3-8-5-6-9(4-2)10(7-8)11(12,13)14/h5,7H,3-4H2,1-2H3. The Balaban J connectivity index is 3.22. The molecule has 0 aliphatic carbocycles. The third-order valence-electron chi connectivity index (χ3n) is 2.15. The van der Waals surface area contributed by atoms with Crippen molar-refractivity contribution in [1.29, 1.82) is 0 Å². The van der Waals surface area contributed by atoms with Crippen molar-refractivity contribution in [3.63, 3.8) is 0 Å². The fraction of sp³-hybridized carbons (Fsp3) is 0.455. The topological polar surface area (TPSA) is 0 Å². The molecule has 0 saturated carbocycles. The van der Waals surface area contributed by atoms with Gasteiger partial charge in [0.1, 0.15) is 0 Å². The van der Waals surface area contributed by atoms with Crippen LogP contribution >= 0.6 is 0 Å². The van der Waals surface area contributed by atoms with Gasteiger partial charge in [-0.2, -0.15) is 13.2 Å². The van der Waals surface area contributed by atoms with Crippen LogP contribution in [-0.4, -0.2) is 0 Å². The van der Waals surface area contributed by atoms with Crippen molar-refractivity contribution in [1.82, 2.24) is 0 Å². The number of halogens is 3. The molecule has 77 valence electrons. The number of rotatable bonds is 2. The highest BCUT2D eigenvalue weighted by Gasteiger charge is 2.32. The summed E-state index contributed by atoms with van der Waals surface area (Å²) in [7, 11) is 0. The van der Waals surface area contributed by atoms with Crippen LogP contribution in [-0.2, 0) is 19.0 Å². The van der Waals surface area contributed by atoms with Gasteiger partial charge < -0.3 is 0 Å². The summed E-state index contributed by atoms with van der Waals surface area (Å²) < 4.78 is 37.6. The van der Waals surface area contributed by atoms with E-state index < -0.39 is 11.7 Å². The minimum absolute atomic E-state index is 0.245. The molecule has 0 unspecified atom stereocenters. The summed E-state index contributed by atoms with van der Waals surface area (Å²) in [4.78, 5) is 0. The summed E-state index contributed by atoms with van der Waals surface area (Å²) in [5.41, 5.74) is 0.378. The van der Waals surface area contributed by atoms with Crippen LogP contribution in [0.5, 0.6) is 0 Å². The molecular weight excluding hydrogens is 189 g/mol. The Morgan fingerprint density at radius 1 is 1.21 bits per heavy atom. The molecule has 0 spiro atoms. The lowest BCUT2D eigenvalue weighted by Crippen LogP contribution is -2.09. The highest BCUT2D eigenvalue weighted by molar-refractivity contribution is 5.33. The van der Waals surface area contributed by atoms with Crippen LogP contribution in [0.3, 0.4) is 0 Å². The molecule has 0 N–H and O–H groups in total. The van der Waals surface area contributed by atoms with Gasteiger partial charge in [-0.1, -0.05) is 19.9 Å². The molecule has 0 aliphatic heterocycles. The highest BCUT2D eigenvalue weighted by Crippen LogP contribution is 2.32. The summed E-state index contributed by atoms with van der Waals surface area (Å²) >= 11 is 0. The Morgan fingerprint density at radius 3 is 2.29 bits per heavy atom. The molecule has 1 aromatic carbocycles. The van der Waals surface area contributed by atoms with Gasteiger partial charge in [0.05, 0.1) is 5.56 Å². The van der Waals surface area contributed by atoms with Crippen molar-refractivity contribution >= 4 is 0 Å². The lowest BCUT2D eigenvalue weighted by atomic mass is 10.0. The van der Waals surface area contributed by atoms with E-state index in [-0.39, 0.29) is 5.56 Å². The molecule has 1 radical (unpaired) electrons. The Kier molecular flexibility index (Phi) is 3.19. The van der Waals surface area contributed by atoms with Crippen LogP contribution in [0.15, 0.2) is 12.1 Å². The smallest absolute Gasteiger partial charge is 0.166 e. The maximum Gasteiger partial charge on any atom is 0.416 e. The molecular formula is C11H12F3. The predicted octanol–water partition coefficient (Wildman–Crippen LogP) is 3.63. The number of hydrogen-bond acceptors (Lipinski definition) is 0. The maximum atomic E-state index is 12.5. The highest BCUT2D eigenvalue weighted by atomic mass is 19.4. The van der Waals surface area contributed by atoms with E-state index in [1.165, 1.54) is 6.07 Å². The molecule has 0 heterocycles. The van der Waals surface area contributed by atoms with Gasteiger partial charge in [0, 0.05) is 0 Å². The van der Waals surface area contributed by atoms with E-state index in [1.807, 2.05) is 6.92 Å². The number of hydrogen-bond donors (Lipinski definition) is 0. The fourth-order valence-corrected chi connectivity index (χ4v) is 1.32. The second-order valence-electron chi connectivity index (χ2n) is 3.11. The van der Waals surface area contributed by atoms with Crippen molar-refractivity contribution in [2.45, 2.75) is 32.9 Å². The molecule has 3 heteroatoms. The van der Waals surface area contributed by atoms with Crippen LogP contribution in [0.4, 0.5) is 13.2 Å². The van der Waals surface area contributed by atoms with E-state index >= 15 is 0 Å². The molecule has 0 bridgehead atoms. The molecule has 1 rings (SSSR count). The van der Waals surface area contributed by atoms with Crippen molar-refractivity contribution in [3.8, 4) is 0 Å². The molecule has 14 heavy (non-hydrogen) atoms. The monoisotopic (exact) mass is 201 g/mol. The van der Waals surface area contributed by atoms with E-state index in [0.29, 0.717) is 18.4 Å². The van der Waals surface area contributed by atoms with Gasteiger partial charge in [0.2, 0.25) is 0 Å². The third kappa shape index (κ3) is 2.28. The van der Waals surface area contributed by atoms with Gasteiger partial charge in [-0.3, -0.25) is 0 Å².